The lowest BCUT2D eigenvalue weighted by Crippen LogP contribution is -2.59. The van der Waals surface area contributed by atoms with Crippen molar-refractivity contribution in [1.29, 1.82) is 0 Å². The van der Waals surface area contributed by atoms with Gasteiger partial charge in [-0.05, 0) is 32.9 Å². The Morgan fingerprint density at radius 2 is 1.73 bits per heavy atom. The summed E-state index contributed by atoms with van der Waals surface area (Å²) in [7, 11) is 0. The van der Waals surface area contributed by atoms with E-state index in [0.29, 0.717) is 18.7 Å². The van der Waals surface area contributed by atoms with Crippen molar-refractivity contribution in [3.05, 3.63) is 56.5 Å². The van der Waals surface area contributed by atoms with Crippen LogP contribution in [0.2, 0.25) is 0 Å². The Morgan fingerprint density at radius 3 is 2.31 bits per heavy atom. The van der Waals surface area contributed by atoms with E-state index in [2.05, 4.69) is 10.1 Å². The van der Waals surface area contributed by atoms with Crippen molar-refractivity contribution in [2.75, 3.05) is 13.1 Å². The summed E-state index contributed by atoms with van der Waals surface area (Å²) in [5, 5.41) is 27.5. The maximum Gasteiger partial charge on any atom is 0.549 e. The molecule has 1 aliphatic heterocycles. The first-order valence-corrected chi connectivity index (χ1v) is 8.40. The SMILES string of the molecule is CC(N1CCCCC1)C(c1nc(-c2ccccc2)no1)([N+](=O)[O-])[N+](=O)[O-]. The molecule has 0 saturated carbocycles. The fourth-order valence-electron chi connectivity index (χ4n) is 3.34. The zero-order chi connectivity index (χ0) is 18.7. The maximum atomic E-state index is 11.9. The maximum absolute atomic E-state index is 11.9. The fraction of sp³-hybridized carbons (Fsp3) is 0.500. The number of hydrogen-bond donors (Lipinski definition) is 0. The normalized spacial score (nSPS) is 17.0. The van der Waals surface area contributed by atoms with Crippen molar-refractivity contribution in [3.8, 4) is 11.4 Å². The predicted molar refractivity (Wildman–Crippen MR) is 90.3 cm³/mol. The van der Waals surface area contributed by atoms with E-state index in [1.54, 1.807) is 35.2 Å². The molecule has 26 heavy (non-hydrogen) atoms. The van der Waals surface area contributed by atoms with E-state index in [0.717, 1.165) is 19.3 Å². The summed E-state index contributed by atoms with van der Waals surface area (Å²) in [5.41, 5.74) is -2.15. The van der Waals surface area contributed by atoms with E-state index in [4.69, 9.17) is 4.52 Å². The molecular formula is C16H19N5O5. The Kier molecular flexibility index (Phi) is 4.94. The molecule has 2 heterocycles. The second-order valence-corrected chi connectivity index (χ2v) is 6.30. The van der Waals surface area contributed by atoms with Crippen molar-refractivity contribution in [2.45, 2.75) is 37.9 Å². The molecular weight excluding hydrogens is 342 g/mol. The number of aromatic nitrogens is 2. The third kappa shape index (κ3) is 2.92. The third-order valence-corrected chi connectivity index (χ3v) is 4.85. The van der Waals surface area contributed by atoms with Gasteiger partial charge in [0, 0.05) is 5.56 Å². The van der Waals surface area contributed by atoms with E-state index in [1.807, 2.05) is 0 Å². The summed E-state index contributed by atoms with van der Waals surface area (Å²) in [6, 6.07) is 7.65. The Morgan fingerprint density at radius 1 is 1.12 bits per heavy atom. The molecule has 0 radical (unpaired) electrons. The van der Waals surface area contributed by atoms with E-state index in [-0.39, 0.29) is 5.82 Å². The Balaban J connectivity index is 2.05. The summed E-state index contributed by atoms with van der Waals surface area (Å²) < 4.78 is 5.05. The molecule has 0 bridgehead atoms. The summed E-state index contributed by atoms with van der Waals surface area (Å²) >= 11 is 0. The molecule has 10 nitrogen and oxygen atoms in total. The number of nitro groups is 2. The van der Waals surface area contributed by atoms with Gasteiger partial charge in [-0.1, -0.05) is 41.9 Å². The first kappa shape index (κ1) is 17.9. The van der Waals surface area contributed by atoms with Crippen LogP contribution in [0.25, 0.3) is 11.4 Å². The number of benzene rings is 1. The zero-order valence-corrected chi connectivity index (χ0v) is 14.3. The highest BCUT2D eigenvalue weighted by molar-refractivity contribution is 5.53. The molecule has 0 aliphatic carbocycles. The van der Waals surface area contributed by atoms with Crippen LogP contribution in [0.1, 0.15) is 32.1 Å². The summed E-state index contributed by atoms with van der Waals surface area (Å²) in [6.45, 7) is 2.60. The molecule has 0 amide bonds. The lowest BCUT2D eigenvalue weighted by Gasteiger charge is -2.33. The standard InChI is InChI=1S/C16H19N5O5/c1-12(19-10-6-3-7-11-19)16(20(22)23,21(24)25)15-17-14(18-26-15)13-8-4-2-5-9-13/h2,4-5,8-9,12H,3,6-7,10-11H2,1H3. The number of rotatable bonds is 6. The molecule has 3 rings (SSSR count). The largest absolute Gasteiger partial charge is 0.549 e. The van der Waals surface area contributed by atoms with Gasteiger partial charge in [0.25, 0.3) is 0 Å². The molecule has 138 valence electrons. The van der Waals surface area contributed by atoms with Crippen LogP contribution in [-0.2, 0) is 5.66 Å². The highest BCUT2D eigenvalue weighted by Crippen LogP contribution is 2.34. The smallest absolute Gasteiger partial charge is 0.322 e. The van der Waals surface area contributed by atoms with Crippen molar-refractivity contribution >= 4 is 0 Å². The van der Waals surface area contributed by atoms with E-state index in [1.165, 1.54) is 6.92 Å². The van der Waals surface area contributed by atoms with Crippen molar-refractivity contribution in [1.82, 2.24) is 15.0 Å². The Labute approximate surface area is 149 Å². The van der Waals surface area contributed by atoms with E-state index < -0.39 is 27.4 Å². The van der Waals surface area contributed by atoms with Crippen LogP contribution in [0.15, 0.2) is 34.9 Å². The molecule has 1 aromatic carbocycles. The van der Waals surface area contributed by atoms with Crippen LogP contribution in [0.4, 0.5) is 0 Å². The topological polar surface area (TPSA) is 128 Å². The van der Waals surface area contributed by atoms with Crippen LogP contribution in [-0.4, -0.2) is 44.0 Å². The van der Waals surface area contributed by atoms with Gasteiger partial charge in [0.2, 0.25) is 5.82 Å². The minimum atomic E-state index is -2.71. The number of likely N-dealkylation sites (tertiary alicyclic amines) is 1. The van der Waals surface area contributed by atoms with Gasteiger partial charge in [-0.3, -0.25) is 25.1 Å². The van der Waals surface area contributed by atoms with Crippen molar-refractivity contribution in [3.63, 3.8) is 0 Å². The quantitative estimate of drug-likeness (QED) is 0.435. The van der Waals surface area contributed by atoms with Gasteiger partial charge in [-0.25, -0.2) is 0 Å². The lowest BCUT2D eigenvalue weighted by molar-refractivity contribution is -0.820. The first-order chi connectivity index (χ1) is 12.5. The predicted octanol–water partition coefficient (Wildman–Crippen LogP) is 2.32. The molecule has 0 spiro atoms. The first-order valence-electron chi connectivity index (χ1n) is 8.40. The molecule has 1 fully saturated rings. The average Bonchev–Trinajstić information content (AvgIpc) is 3.13. The van der Waals surface area contributed by atoms with Gasteiger partial charge >= 0.3 is 11.6 Å². The van der Waals surface area contributed by atoms with Crippen LogP contribution in [0, 0.1) is 20.2 Å². The fourth-order valence-corrected chi connectivity index (χ4v) is 3.34. The van der Waals surface area contributed by atoms with Gasteiger partial charge < -0.3 is 4.52 Å². The monoisotopic (exact) mass is 361 g/mol. The summed E-state index contributed by atoms with van der Waals surface area (Å²) in [5.74, 6) is -0.524. The highest BCUT2D eigenvalue weighted by atomic mass is 16.7. The van der Waals surface area contributed by atoms with Gasteiger partial charge in [0.05, 0.1) is 0 Å². The molecule has 10 heteroatoms. The molecule has 1 saturated heterocycles. The highest BCUT2D eigenvalue weighted by Gasteiger charge is 2.69. The number of piperidine rings is 1. The summed E-state index contributed by atoms with van der Waals surface area (Å²) in [6.07, 6.45) is 2.69. The van der Waals surface area contributed by atoms with Crippen LogP contribution < -0.4 is 0 Å². The van der Waals surface area contributed by atoms with Crippen LogP contribution in [0.5, 0.6) is 0 Å². The molecule has 1 unspecified atom stereocenters. The third-order valence-electron chi connectivity index (χ3n) is 4.85. The number of hydrogen-bond acceptors (Lipinski definition) is 8. The number of nitrogens with zero attached hydrogens (tertiary/aromatic N) is 5. The minimum absolute atomic E-state index is 0.0829. The van der Waals surface area contributed by atoms with Gasteiger partial charge in [-0.15, -0.1) is 0 Å². The van der Waals surface area contributed by atoms with E-state index >= 15 is 0 Å². The minimum Gasteiger partial charge on any atom is -0.322 e. The van der Waals surface area contributed by atoms with Crippen molar-refractivity contribution < 1.29 is 14.4 Å². The van der Waals surface area contributed by atoms with Gasteiger partial charge in [0.1, 0.15) is 9.85 Å². The van der Waals surface area contributed by atoms with Gasteiger partial charge in [-0.2, -0.15) is 4.98 Å². The molecule has 2 aromatic rings. The second kappa shape index (κ2) is 7.16. The zero-order valence-electron chi connectivity index (χ0n) is 14.3. The Hall–Kier alpha value is -2.88. The van der Waals surface area contributed by atoms with E-state index in [9.17, 15) is 20.2 Å². The molecule has 1 atom stereocenters. The van der Waals surface area contributed by atoms with Gasteiger partial charge in [0.15, 0.2) is 6.04 Å². The lowest BCUT2D eigenvalue weighted by atomic mass is 9.98. The van der Waals surface area contributed by atoms with Crippen LogP contribution >= 0.6 is 0 Å². The Bertz CT molecular complexity index is 773. The molecule has 0 N–H and O–H groups in total. The molecule has 1 aromatic heterocycles. The summed E-state index contributed by atoms with van der Waals surface area (Å²) in [4.78, 5) is 27.7. The van der Waals surface area contributed by atoms with Crippen LogP contribution in [0.3, 0.4) is 0 Å². The molecule has 1 aliphatic rings. The average molecular weight is 361 g/mol. The van der Waals surface area contributed by atoms with Crippen molar-refractivity contribution in [2.24, 2.45) is 0 Å². The second-order valence-electron chi connectivity index (χ2n) is 6.30.